The normalized spacial score (nSPS) is 11.3. The van der Waals surface area contributed by atoms with Gasteiger partial charge in [-0.1, -0.05) is 60.7 Å². The smallest absolute Gasteiger partial charge is 0.383 e. The van der Waals surface area contributed by atoms with Gasteiger partial charge in [0.05, 0.1) is 18.8 Å². The van der Waals surface area contributed by atoms with Crippen LogP contribution in [0, 0.1) is 0 Å². The van der Waals surface area contributed by atoms with Crippen molar-refractivity contribution in [1.29, 1.82) is 0 Å². The zero-order valence-corrected chi connectivity index (χ0v) is 17.4. The van der Waals surface area contributed by atoms with Gasteiger partial charge >= 0.3 is 11.2 Å². The van der Waals surface area contributed by atoms with Crippen LogP contribution in [-0.4, -0.2) is 26.7 Å². The highest BCUT2D eigenvalue weighted by molar-refractivity contribution is 8.00. The number of hydrogen-bond donors (Lipinski definition) is 2. The van der Waals surface area contributed by atoms with Crippen LogP contribution < -0.4 is 21.9 Å². The average Bonchev–Trinajstić information content (AvgIpc) is 2.75. The quantitative estimate of drug-likeness (QED) is 0.560. The third-order valence-electron chi connectivity index (χ3n) is 4.51. The van der Waals surface area contributed by atoms with E-state index in [4.69, 9.17) is 5.73 Å². The second-order valence-electron chi connectivity index (χ2n) is 6.76. The maximum Gasteiger partial charge on any atom is 0.442 e. The summed E-state index contributed by atoms with van der Waals surface area (Å²) in [6.45, 7) is -0.200. The molecule has 0 aliphatic carbocycles. The van der Waals surface area contributed by atoms with Gasteiger partial charge in [0, 0.05) is 0 Å². The molecule has 7 nitrogen and oxygen atoms in total. The zero-order chi connectivity index (χ0) is 23.3. The summed E-state index contributed by atoms with van der Waals surface area (Å²) < 4.78 is 39.1. The molecule has 32 heavy (non-hydrogen) atoms. The molecule has 168 valence electrons. The van der Waals surface area contributed by atoms with E-state index in [1.807, 2.05) is 0 Å². The highest BCUT2D eigenvalue weighted by atomic mass is 32.2. The van der Waals surface area contributed by atoms with E-state index < -0.39 is 40.2 Å². The number of nitrogens with one attached hydrogen (secondary N) is 1. The Hall–Kier alpha value is -3.47. The van der Waals surface area contributed by atoms with Crippen molar-refractivity contribution in [3.8, 4) is 0 Å². The van der Waals surface area contributed by atoms with E-state index in [0.29, 0.717) is 11.1 Å². The lowest BCUT2D eigenvalue weighted by Crippen LogP contribution is -2.41. The molecule has 1 amide bonds. The number of carbonyl (C=O) groups excluding carboxylic acids is 1. The molecule has 1 heterocycles. The highest BCUT2D eigenvalue weighted by Crippen LogP contribution is 2.31. The van der Waals surface area contributed by atoms with Gasteiger partial charge in [0.1, 0.15) is 5.82 Å². The highest BCUT2D eigenvalue weighted by Gasteiger charge is 2.32. The lowest BCUT2D eigenvalue weighted by atomic mass is 10.2. The molecule has 0 bridgehead atoms. The Kier molecular flexibility index (Phi) is 7.08. The third-order valence-corrected chi connectivity index (χ3v) is 5.23. The van der Waals surface area contributed by atoms with Crippen molar-refractivity contribution in [2.45, 2.75) is 18.6 Å². The summed E-state index contributed by atoms with van der Waals surface area (Å²) in [6, 6.07) is 17.2. The zero-order valence-electron chi connectivity index (χ0n) is 16.6. The molecule has 3 aromatic rings. The monoisotopic (exact) mass is 464 g/mol. The Morgan fingerprint density at radius 1 is 1.00 bits per heavy atom. The molecule has 0 radical (unpaired) electrons. The number of nitrogens with two attached hydrogens (primary N) is 1. The van der Waals surface area contributed by atoms with Gasteiger partial charge in [-0.15, -0.1) is 0 Å². The number of hydrogen-bond acceptors (Lipinski definition) is 5. The van der Waals surface area contributed by atoms with Crippen molar-refractivity contribution in [3.05, 3.63) is 92.6 Å². The van der Waals surface area contributed by atoms with E-state index in [1.165, 1.54) is 0 Å². The molecule has 0 fully saturated rings. The van der Waals surface area contributed by atoms with Gasteiger partial charge in [0.15, 0.2) is 5.69 Å². The summed E-state index contributed by atoms with van der Waals surface area (Å²) in [5.41, 5.74) is 0.637. The Bertz CT molecular complexity index is 1190. The number of anilines is 2. The fourth-order valence-corrected chi connectivity index (χ4v) is 3.48. The summed E-state index contributed by atoms with van der Waals surface area (Å²) in [5, 5.41) is 0. The molecule has 0 saturated heterocycles. The molecule has 0 saturated carbocycles. The van der Waals surface area contributed by atoms with Gasteiger partial charge in [0.25, 0.3) is 5.56 Å². The Morgan fingerprint density at radius 3 is 2.12 bits per heavy atom. The summed E-state index contributed by atoms with van der Waals surface area (Å²) in [5.74, 6) is -2.24. The van der Waals surface area contributed by atoms with Crippen LogP contribution in [0.15, 0.2) is 70.3 Å². The predicted octanol–water partition coefficient (Wildman–Crippen LogP) is 2.95. The maximum absolute atomic E-state index is 12.8. The molecular formula is C21H19F3N4O3S. The first-order valence-corrected chi connectivity index (χ1v) is 10.4. The number of H-pyrrole nitrogens is 1. The van der Waals surface area contributed by atoms with Crippen molar-refractivity contribution >= 4 is 29.2 Å². The first-order chi connectivity index (χ1) is 15.2. The minimum absolute atomic E-state index is 0.0000444. The first kappa shape index (κ1) is 23.2. The van der Waals surface area contributed by atoms with Crippen LogP contribution >= 0.6 is 11.8 Å². The number of nitrogen functional groups attached to an aromatic ring is 1. The lowest BCUT2D eigenvalue weighted by Gasteiger charge is -2.25. The van der Waals surface area contributed by atoms with Crippen LogP contribution in [0.5, 0.6) is 0 Å². The van der Waals surface area contributed by atoms with Crippen molar-refractivity contribution in [1.82, 2.24) is 9.55 Å². The van der Waals surface area contributed by atoms with E-state index in [9.17, 15) is 27.6 Å². The van der Waals surface area contributed by atoms with Crippen molar-refractivity contribution in [3.63, 3.8) is 0 Å². The van der Waals surface area contributed by atoms with E-state index in [2.05, 4.69) is 4.98 Å². The molecule has 0 aliphatic rings. The molecule has 0 unspecified atom stereocenters. The van der Waals surface area contributed by atoms with Crippen molar-refractivity contribution in [2.75, 3.05) is 16.4 Å². The van der Waals surface area contributed by atoms with Crippen LogP contribution in [-0.2, 0) is 17.9 Å². The number of carbonyl (C=O) groups is 1. The third kappa shape index (κ3) is 5.82. The number of alkyl halides is 3. The minimum atomic E-state index is -4.63. The molecular weight excluding hydrogens is 445 g/mol. The molecule has 3 N–H and O–H groups in total. The lowest BCUT2D eigenvalue weighted by molar-refractivity contribution is -0.116. The van der Waals surface area contributed by atoms with Gasteiger partial charge in [-0.25, -0.2) is 4.79 Å². The number of aromatic amines is 1. The molecule has 0 atom stereocenters. The second-order valence-corrected chi connectivity index (χ2v) is 7.81. The first-order valence-electron chi connectivity index (χ1n) is 9.37. The number of thioether (sulfide) groups is 1. The SMILES string of the molecule is Nc1c(N(Cc2ccccc2)C(=O)CSC(F)(F)F)c(=O)[nH]c(=O)n1Cc1ccccc1. The van der Waals surface area contributed by atoms with Crippen LogP contribution in [0.3, 0.4) is 0 Å². The minimum Gasteiger partial charge on any atom is -0.383 e. The fraction of sp³-hybridized carbons (Fsp3) is 0.190. The number of aromatic nitrogens is 2. The van der Waals surface area contributed by atoms with E-state index in [1.54, 1.807) is 60.7 Å². The molecule has 2 aromatic carbocycles. The summed E-state index contributed by atoms with van der Waals surface area (Å²) in [6.07, 6.45) is 0. The van der Waals surface area contributed by atoms with Gasteiger partial charge in [-0.05, 0) is 22.9 Å². The van der Waals surface area contributed by atoms with Gasteiger partial charge < -0.3 is 5.73 Å². The van der Waals surface area contributed by atoms with E-state index >= 15 is 0 Å². The second kappa shape index (κ2) is 9.77. The molecule has 0 spiro atoms. The van der Waals surface area contributed by atoms with E-state index in [0.717, 1.165) is 9.47 Å². The summed E-state index contributed by atoms with van der Waals surface area (Å²) in [4.78, 5) is 40.8. The molecule has 0 aliphatic heterocycles. The van der Waals surface area contributed by atoms with Crippen LogP contribution in [0.2, 0.25) is 0 Å². The largest absolute Gasteiger partial charge is 0.442 e. The Balaban J connectivity index is 2.06. The average molecular weight is 464 g/mol. The number of nitrogens with zero attached hydrogens (tertiary/aromatic N) is 2. The topological polar surface area (TPSA) is 101 Å². The molecule has 11 heteroatoms. The van der Waals surface area contributed by atoms with Crippen LogP contribution in [0.25, 0.3) is 0 Å². The standard InChI is InChI=1S/C21H19F3N4O3S/c22-21(23,24)32-13-16(29)27(11-14-7-3-1-4-8-14)17-18(25)28(20(31)26-19(17)30)12-15-9-5-2-6-10-15/h1-10H,11-13,25H2,(H,26,30,31). The maximum atomic E-state index is 12.8. The Labute approximate surface area is 184 Å². The molecule has 3 rings (SSSR count). The van der Waals surface area contributed by atoms with E-state index in [-0.39, 0.29) is 24.6 Å². The number of halogens is 3. The van der Waals surface area contributed by atoms with Crippen molar-refractivity contribution in [2.24, 2.45) is 0 Å². The predicted molar refractivity (Wildman–Crippen MR) is 117 cm³/mol. The summed E-state index contributed by atoms with van der Waals surface area (Å²) in [7, 11) is 0. The summed E-state index contributed by atoms with van der Waals surface area (Å²) >= 11 is -0.516. The number of amides is 1. The number of rotatable bonds is 7. The van der Waals surface area contributed by atoms with Crippen LogP contribution in [0.4, 0.5) is 24.7 Å². The fourth-order valence-electron chi connectivity index (χ4n) is 3.04. The van der Waals surface area contributed by atoms with Gasteiger partial charge in [0.2, 0.25) is 5.91 Å². The number of benzene rings is 2. The van der Waals surface area contributed by atoms with Gasteiger partial charge in [-0.2, -0.15) is 13.2 Å². The van der Waals surface area contributed by atoms with Gasteiger partial charge in [-0.3, -0.25) is 24.0 Å². The van der Waals surface area contributed by atoms with Crippen LogP contribution in [0.1, 0.15) is 11.1 Å². The Morgan fingerprint density at radius 2 is 1.56 bits per heavy atom. The van der Waals surface area contributed by atoms with Crippen molar-refractivity contribution < 1.29 is 18.0 Å². The molecule has 1 aromatic heterocycles.